The maximum atomic E-state index is 12.1. The number of thioether (sulfide) groups is 1. The third-order valence-corrected chi connectivity index (χ3v) is 6.62. The van der Waals surface area contributed by atoms with Crippen LogP contribution in [0.25, 0.3) is 11.4 Å². The number of carbonyl (C=O) groups is 1. The van der Waals surface area contributed by atoms with Gasteiger partial charge in [-0.1, -0.05) is 35.9 Å². The maximum absolute atomic E-state index is 12.1. The van der Waals surface area contributed by atoms with Gasteiger partial charge in [0.25, 0.3) is 0 Å². The monoisotopic (exact) mass is 522 g/mol. The van der Waals surface area contributed by atoms with Crippen LogP contribution in [0, 0.1) is 0 Å². The molecule has 0 unspecified atom stereocenters. The van der Waals surface area contributed by atoms with Gasteiger partial charge in [-0.2, -0.15) is 4.37 Å². The quantitative estimate of drug-likeness (QED) is 0.203. The average molecular weight is 523 g/mol. The van der Waals surface area contributed by atoms with Crippen LogP contribution in [0.15, 0.2) is 70.2 Å². The highest BCUT2D eigenvalue weighted by Gasteiger charge is 2.16. The first-order valence-electron chi connectivity index (χ1n) is 9.30. The molecule has 8 nitrogen and oxygen atoms in total. The molecule has 0 amide bonds. The maximum Gasteiger partial charge on any atom is 0.355 e. The normalized spacial score (nSPS) is 12.6. The molecule has 0 radical (unpaired) electrons. The Bertz CT molecular complexity index is 1340. The molecular formula is C21H19ClN4O4S3. The number of ether oxygens (including phenoxy) is 1. The highest BCUT2D eigenvalue weighted by Crippen LogP contribution is 2.27. The molecule has 0 aliphatic carbocycles. The Morgan fingerprint density at radius 3 is 2.73 bits per heavy atom. The number of rotatable bonds is 8. The van der Waals surface area contributed by atoms with Crippen LogP contribution in [0.1, 0.15) is 5.01 Å². The largest absolute Gasteiger partial charge is 0.450 e. The van der Waals surface area contributed by atoms with Crippen LogP contribution in [-0.2, 0) is 19.4 Å². The van der Waals surface area contributed by atoms with Crippen molar-refractivity contribution >= 4 is 62.1 Å². The fourth-order valence-electron chi connectivity index (χ4n) is 2.53. The molecular weight excluding hydrogens is 504 g/mol. The van der Waals surface area contributed by atoms with E-state index in [1.807, 2.05) is 0 Å². The molecule has 0 bridgehead atoms. The summed E-state index contributed by atoms with van der Waals surface area (Å²) < 4.78 is 33.1. The summed E-state index contributed by atoms with van der Waals surface area (Å²) in [6.45, 7) is 0. The van der Waals surface area contributed by atoms with E-state index in [1.165, 1.54) is 30.0 Å². The fourth-order valence-corrected chi connectivity index (χ4v) is 4.24. The van der Waals surface area contributed by atoms with E-state index in [-0.39, 0.29) is 22.2 Å². The van der Waals surface area contributed by atoms with E-state index in [4.69, 9.17) is 22.1 Å². The zero-order valence-corrected chi connectivity index (χ0v) is 20.8. The van der Waals surface area contributed by atoms with Crippen molar-refractivity contribution in [1.82, 2.24) is 9.36 Å². The van der Waals surface area contributed by atoms with Gasteiger partial charge in [0.1, 0.15) is 17.3 Å². The Labute approximate surface area is 204 Å². The van der Waals surface area contributed by atoms with E-state index in [2.05, 4.69) is 14.3 Å². The van der Waals surface area contributed by atoms with Crippen LogP contribution in [0.2, 0.25) is 5.02 Å². The first-order chi connectivity index (χ1) is 15.7. The number of sulfone groups is 1. The Morgan fingerprint density at radius 2 is 2.03 bits per heavy atom. The van der Waals surface area contributed by atoms with Crippen LogP contribution in [-0.4, -0.2) is 47.9 Å². The molecule has 1 aromatic heterocycles. The minimum atomic E-state index is -3.39. The van der Waals surface area contributed by atoms with Crippen LogP contribution in [0.3, 0.4) is 0 Å². The number of hydrogen-bond donors (Lipinski definition) is 1. The summed E-state index contributed by atoms with van der Waals surface area (Å²) >= 11 is 8.60. The third-order valence-electron chi connectivity index (χ3n) is 4.09. The number of aromatic nitrogens is 2. The van der Waals surface area contributed by atoms with Crippen molar-refractivity contribution in [1.29, 1.82) is 0 Å². The number of allylic oxidation sites excluding steroid dienone is 1. The van der Waals surface area contributed by atoms with Crippen LogP contribution < -0.4 is 5.73 Å². The lowest BCUT2D eigenvalue weighted by atomic mass is 10.2. The number of aliphatic imine (C=N–C) groups is 1. The predicted molar refractivity (Wildman–Crippen MR) is 133 cm³/mol. The van der Waals surface area contributed by atoms with Crippen molar-refractivity contribution < 1.29 is 17.9 Å². The molecule has 0 aliphatic heterocycles. The standard InChI is InChI=1S/C21H19ClN4O4S3/c1-31-12-30-21(27)16(23)11-18(24-17-9-4-3-8-15(17)22)20-25-19(26-32-20)13-6-5-7-14(10-13)33(2,28)29/h3-11H,12,23H2,1-2H3/b16-11-,24-18?. The SMILES string of the molecule is CSCOC(=O)/C(N)=C/C(=Nc1ccccc1Cl)c1nc(-c2cccc(S(C)(=O)=O)c2)ns1. The highest BCUT2D eigenvalue weighted by atomic mass is 35.5. The zero-order chi connectivity index (χ0) is 24.0. The molecule has 0 atom stereocenters. The number of halogens is 1. The molecule has 3 aromatic rings. The third kappa shape index (κ3) is 6.64. The second kappa shape index (κ2) is 10.9. The average Bonchev–Trinajstić information content (AvgIpc) is 3.28. The van der Waals surface area contributed by atoms with Gasteiger partial charge in [-0.05, 0) is 48.1 Å². The van der Waals surface area contributed by atoms with Gasteiger partial charge in [0.05, 0.1) is 15.6 Å². The molecule has 1 heterocycles. The summed E-state index contributed by atoms with van der Waals surface area (Å²) in [5.41, 5.74) is 6.99. The minimum Gasteiger partial charge on any atom is -0.450 e. The van der Waals surface area contributed by atoms with E-state index in [9.17, 15) is 13.2 Å². The Kier molecular flexibility index (Phi) is 8.25. The summed E-state index contributed by atoms with van der Waals surface area (Å²) in [7, 11) is -3.39. The van der Waals surface area contributed by atoms with Crippen molar-refractivity contribution in [2.75, 3.05) is 18.5 Å². The summed E-state index contributed by atoms with van der Waals surface area (Å²) in [5.74, 6) is -0.227. The number of esters is 1. The number of carbonyl (C=O) groups excluding carboxylic acids is 1. The first kappa shape index (κ1) is 24.9. The smallest absolute Gasteiger partial charge is 0.355 e. The number of benzene rings is 2. The van der Waals surface area contributed by atoms with Gasteiger partial charge in [-0.3, -0.25) is 0 Å². The van der Waals surface area contributed by atoms with Crippen molar-refractivity contribution in [3.05, 3.63) is 70.3 Å². The lowest BCUT2D eigenvalue weighted by Crippen LogP contribution is -2.16. The lowest BCUT2D eigenvalue weighted by Gasteiger charge is -2.04. The minimum absolute atomic E-state index is 0.155. The van der Waals surface area contributed by atoms with Gasteiger partial charge in [-0.15, -0.1) is 11.8 Å². The first-order valence-corrected chi connectivity index (χ1v) is 13.7. The molecule has 0 fully saturated rings. The van der Waals surface area contributed by atoms with Gasteiger partial charge in [0, 0.05) is 11.8 Å². The van der Waals surface area contributed by atoms with Gasteiger partial charge in [0.2, 0.25) is 0 Å². The van der Waals surface area contributed by atoms with Crippen LogP contribution in [0.4, 0.5) is 5.69 Å². The predicted octanol–water partition coefficient (Wildman–Crippen LogP) is 4.09. The second-order valence-electron chi connectivity index (χ2n) is 6.61. The number of para-hydroxylation sites is 1. The molecule has 0 aliphatic rings. The zero-order valence-electron chi connectivity index (χ0n) is 17.6. The Hall–Kier alpha value is -2.73. The fraction of sp³-hybridized carbons (Fsp3) is 0.143. The number of nitrogens with two attached hydrogens (primary N) is 1. The summed E-state index contributed by atoms with van der Waals surface area (Å²) in [6, 6.07) is 13.2. The number of nitrogens with zero attached hydrogens (tertiary/aromatic N) is 3. The summed E-state index contributed by atoms with van der Waals surface area (Å²) in [4.78, 5) is 21.3. The van der Waals surface area contributed by atoms with Crippen molar-refractivity contribution in [2.24, 2.45) is 10.7 Å². The van der Waals surface area contributed by atoms with E-state index in [0.717, 1.165) is 17.8 Å². The van der Waals surface area contributed by atoms with Gasteiger partial charge < -0.3 is 10.5 Å². The molecule has 3 rings (SSSR count). The molecule has 0 saturated heterocycles. The summed E-state index contributed by atoms with van der Waals surface area (Å²) in [5, 5.41) is 0.757. The summed E-state index contributed by atoms with van der Waals surface area (Å²) in [6.07, 6.45) is 4.27. The van der Waals surface area contributed by atoms with Gasteiger partial charge in [0.15, 0.2) is 20.7 Å². The van der Waals surface area contributed by atoms with Gasteiger partial charge >= 0.3 is 5.97 Å². The lowest BCUT2D eigenvalue weighted by molar-refractivity contribution is -0.136. The van der Waals surface area contributed by atoms with Crippen molar-refractivity contribution in [3.63, 3.8) is 0 Å². The highest BCUT2D eigenvalue weighted by molar-refractivity contribution is 7.98. The van der Waals surface area contributed by atoms with Crippen molar-refractivity contribution in [2.45, 2.75) is 4.90 Å². The molecule has 12 heteroatoms. The van der Waals surface area contributed by atoms with Gasteiger partial charge in [-0.25, -0.2) is 23.2 Å². The molecule has 33 heavy (non-hydrogen) atoms. The molecule has 2 N–H and O–H groups in total. The molecule has 2 aromatic carbocycles. The molecule has 0 saturated carbocycles. The Balaban J connectivity index is 2.05. The van der Waals surface area contributed by atoms with Crippen LogP contribution in [0.5, 0.6) is 0 Å². The van der Waals surface area contributed by atoms with Crippen molar-refractivity contribution in [3.8, 4) is 11.4 Å². The number of hydrogen-bond acceptors (Lipinski definition) is 10. The molecule has 172 valence electrons. The van der Waals surface area contributed by atoms with E-state index in [0.29, 0.717) is 27.1 Å². The topological polar surface area (TPSA) is 125 Å². The molecule has 0 spiro atoms. The van der Waals surface area contributed by atoms with E-state index < -0.39 is 15.8 Å². The Morgan fingerprint density at radius 1 is 1.27 bits per heavy atom. The van der Waals surface area contributed by atoms with E-state index >= 15 is 0 Å². The second-order valence-corrected chi connectivity index (χ2v) is 10.6. The van der Waals surface area contributed by atoms with E-state index in [1.54, 1.807) is 42.7 Å². The van der Waals surface area contributed by atoms with Crippen LogP contribution >= 0.6 is 34.9 Å².